The van der Waals surface area contributed by atoms with Crippen LogP contribution < -0.4 is 16.0 Å². The Bertz CT molecular complexity index is 1230. The third-order valence-corrected chi connectivity index (χ3v) is 5.72. The smallest absolute Gasteiger partial charge is 0.305 e. The Hall–Kier alpha value is -4.39. The third kappa shape index (κ3) is 4.99. The van der Waals surface area contributed by atoms with E-state index in [1.807, 2.05) is 54.6 Å². The van der Waals surface area contributed by atoms with Crippen molar-refractivity contribution in [3.8, 4) is 0 Å². The summed E-state index contributed by atoms with van der Waals surface area (Å²) in [6, 6.07) is 24.5. The van der Waals surface area contributed by atoms with Gasteiger partial charge >= 0.3 is 5.97 Å². The second-order valence-electron chi connectivity index (χ2n) is 7.97. The Kier molecular flexibility index (Phi) is 6.73. The molecule has 7 nitrogen and oxygen atoms in total. The van der Waals surface area contributed by atoms with Crippen molar-refractivity contribution in [3.63, 3.8) is 0 Å². The molecule has 3 aromatic rings. The number of carbonyl (C=O) groups is 2. The lowest BCUT2D eigenvalue weighted by atomic mass is 10.0. The highest BCUT2D eigenvalue weighted by atomic mass is 16.5. The number of amidine groups is 1. The van der Waals surface area contributed by atoms with E-state index in [0.29, 0.717) is 30.5 Å². The minimum Gasteiger partial charge on any atom is -0.469 e. The molecule has 0 atom stereocenters. The van der Waals surface area contributed by atoms with Crippen LogP contribution in [0.25, 0.3) is 5.57 Å². The molecule has 0 unspecified atom stereocenters. The Morgan fingerprint density at radius 1 is 1.03 bits per heavy atom. The second kappa shape index (κ2) is 10.0. The number of nitrogens with one attached hydrogen (secondary N) is 2. The van der Waals surface area contributed by atoms with Crippen molar-refractivity contribution in [1.29, 1.82) is 5.41 Å². The molecule has 7 heteroatoms. The lowest BCUT2D eigenvalue weighted by Crippen LogP contribution is -2.27. The van der Waals surface area contributed by atoms with Crippen molar-refractivity contribution in [2.75, 3.05) is 23.9 Å². The number of anilines is 2. The summed E-state index contributed by atoms with van der Waals surface area (Å²) in [5.74, 6) is -0.383. The summed E-state index contributed by atoms with van der Waals surface area (Å²) in [4.78, 5) is 26.7. The molecule has 34 heavy (non-hydrogen) atoms. The zero-order chi connectivity index (χ0) is 24.1. The van der Waals surface area contributed by atoms with Crippen molar-refractivity contribution in [1.82, 2.24) is 0 Å². The second-order valence-corrected chi connectivity index (χ2v) is 7.97. The van der Waals surface area contributed by atoms with E-state index in [1.165, 1.54) is 7.11 Å². The number of methoxy groups -OCH3 is 1. The molecule has 4 N–H and O–H groups in total. The molecule has 1 heterocycles. The van der Waals surface area contributed by atoms with Crippen LogP contribution in [0.4, 0.5) is 11.4 Å². The molecule has 3 aromatic carbocycles. The van der Waals surface area contributed by atoms with E-state index >= 15 is 0 Å². The van der Waals surface area contributed by atoms with E-state index in [0.717, 1.165) is 28.2 Å². The van der Waals surface area contributed by atoms with Crippen molar-refractivity contribution >= 4 is 34.7 Å². The number of nitrogens with zero attached hydrogens (tertiary/aromatic N) is 1. The lowest BCUT2D eigenvalue weighted by Gasteiger charge is -2.17. The monoisotopic (exact) mass is 454 g/mol. The van der Waals surface area contributed by atoms with Crippen LogP contribution in [0.5, 0.6) is 0 Å². The largest absolute Gasteiger partial charge is 0.469 e. The van der Waals surface area contributed by atoms with Gasteiger partial charge in [-0.05, 0) is 53.9 Å². The average Bonchev–Trinajstić information content (AvgIpc) is 3.18. The summed E-state index contributed by atoms with van der Waals surface area (Å²) in [7, 11) is 1.38. The minimum absolute atomic E-state index is 0.0168. The van der Waals surface area contributed by atoms with E-state index in [9.17, 15) is 9.59 Å². The molecule has 0 aromatic heterocycles. The van der Waals surface area contributed by atoms with Gasteiger partial charge in [0.2, 0.25) is 0 Å². The molecule has 0 aliphatic carbocycles. The van der Waals surface area contributed by atoms with Gasteiger partial charge in [-0.25, -0.2) is 0 Å². The first-order chi connectivity index (χ1) is 16.5. The molecule has 1 aliphatic rings. The highest BCUT2D eigenvalue weighted by Crippen LogP contribution is 2.33. The Morgan fingerprint density at radius 2 is 1.71 bits per heavy atom. The van der Waals surface area contributed by atoms with E-state index in [2.05, 4.69) is 5.32 Å². The van der Waals surface area contributed by atoms with E-state index < -0.39 is 0 Å². The molecule has 1 amide bonds. The van der Waals surface area contributed by atoms with E-state index in [4.69, 9.17) is 15.9 Å². The van der Waals surface area contributed by atoms with Crippen LogP contribution in [0.15, 0.2) is 84.6 Å². The molecule has 0 spiro atoms. The lowest BCUT2D eigenvalue weighted by molar-refractivity contribution is -0.140. The third-order valence-electron chi connectivity index (χ3n) is 5.72. The van der Waals surface area contributed by atoms with Crippen molar-refractivity contribution < 1.29 is 14.3 Å². The van der Waals surface area contributed by atoms with Gasteiger partial charge in [-0.15, -0.1) is 0 Å². The SMILES string of the molecule is COC(=O)CCc1ccc(C2=C(Nc3ccccc3)CN(c3ccc(C(=N)N)cc3)C2=O)cc1. The highest BCUT2D eigenvalue weighted by Gasteiger charge is 2.32. The first kappa shape index (κ1) is 22.8. The number of aryl methyl sites for hydroxylation is 1. The molecule has 0 bridgehead atoms. The maximum atomic E-state index is 13.6. The van der Waals surface area contributed by atoms with Crippen LogP contribution in [-0.4, -0.2) is 31.4 Å². The summed E-state index contributed by atoms with van der Waals surface area (Å²) < 4.78 is 4.71. The fourth-order valence-corrected chi connectivity index (χ4v) is 3.88. The van der Waals surface area contributed by atoms with Crippen LogP contribution >= 0.6 is 0 Å². The fraction of sp³-hybridized carbons (Fsp3) is 0.148. The van der Waals surface area contributed by atoms with Gasteiger partial charge in [0.15, 0.2) is 0 Å². The van der Waals surface area contributed by atoms with Gasteiger partial charge < -0.3 is 20.7 Å². The van der Waals surface area contributed by atoms with Crippen LogP contribution in [0.1, 0.15) is 23.1 Å². The Labute approximate surface area is 198 Å². The van der Waals surface area contributed by atoms with Crippen LogP contribution in [-0.2, 0) is 20.7 Å². The summed E-state index contributed by atoms with van der Waals surface area (Å²) >= 11 is 0. The van der Waals surface area contributed by atoms with Gasteiger partial charge in [-0.1, -0.05) is 42.5 Å². The zero-order valence-corrected chi connectivity index (χ0v) is 18.9. The number of hydrogen-bond acceptors (Lipinski definition) is 5. The van der Waals surface area contributed by atoms with E-state index in [-0.39, 0.29) is 17.7 Å². The van der Waals surface area contributed by atoms with Crippen molar-refractivity contribution in [3.05, 3.63) is 101 Å². The first-order valence-electron chi connectivity index (χ1n) is 10.9. The first-order valence-corrected chi connectivity index (χ1v) is 10.9. The van der Waals surface area contributed by atoms with Crippen LogP contribution in [0, 0.1) is 5.41 Å². The number of carbonyl (C=O) groups excluding carboxylic acids is 2. The molecular weight excluding hydrogens is 428 g/mol. The number of nitrogen functional groups attached to an aromatic ring is 1. The van der Waals surface area contributed by atoms with Crippen molar-refractivity contribution in [2.24, 2.45) is 5.73 Å². The van der Waals surface area contributed by atoms with Gasteiger partial charge in [0.25, 0.3) is 5.91 Å². The fourth-order valence-electron chi connectivity index (χ4n) is 3.88. The predicted octanol–water partition coefficient (Wildman–Crippen LogP) is 3.95. The van der Waals surface area contributed by atoms with Gasteiger partial charge in [-0.2, -0.15) is 0 Å². The molecule has 1 aliphatic heterocycles. The van der Waals surface area contributed by atoms with Gasteiger partial charge in [-0.3, -0.25) is 15.0 Å². The number of ether oxygens (including phenoxy) is 1. The van der Waals surface area contributed by atoms with Crippen LogP contribution in [0.3, 0.4) is 0 Å². The maximum absolute atomic E-state index is 13.6. The summed E-state index contributed by atoms with van der Waals surface area (Å²) in [6.45, 7) is 0.382. The zero-order valence-electron chi connectivity index (χ0n) is 18.9. The number of rotatable bonds is 8. The summed E-state index contributed by atoms with van der Waals surface area (Å²) in [5.41, 5.74) is 11.0. The summed E-state index contributed by atoms with van der Waals surface area (Å²) in [5, 5.41) is 11.0. The van der Waals surface area contributed by atoms with Gasteiger partial charge in [0.05, 0.1) is 19.2 Å². The number of hydrogen-bond donors (Lipinski definition) is 3. The predicted molar refractivity (Wildman–Crippen MR) is 134 cm³/mol. The minimum atomic E-state index is -0.251. The molecule has 4 rings (SSSR count). The molecule has 0 saturated carbocycles. The maximum Gasteiger partial charge on any atom is 0.305 e. The number of amides is 1. The highest BCUT2D eigenvalue weighted by molar-refractivity contribution is 6.30. The summed E-state index contributed by atoms with van der Waals surface area (Å²) in [6.07, 6.45) is 0.881. The topological polar surface area (TPSA) is 109 Å². The normalized spacial score (nSPS) is 13.2. The number of esters is 1. The Morgan fingerprint density at radius 3 is 2.32 bits per heavy atom. The van der Waals surface area contributed by atoms with Crippen molar-refractivity contribution in [2.45, 2.75) is 12.8 Å². The number of benzene rings is 3. The molecular formula is C27H26N4O3. The number of nitrogens with two attached hydrogens (primary N) is 1. The quantitative estimate of drug-likeness (QED) is 0.271. The Balaban J connectivity index is 1.64. The van der Waals surface area contributed by atoms with Gasteiger partial charge in [0, 0.05) is 29.1 Å². The molecule has 0 saturated heterocycles. The standard InChI is InChI=1S/C27H26N4O3/c1-34-24(32)16-9-18-7-10-19(11-8-18)25-23(30-21-5-3-2-4-6-21)17-31(27(25)33)22-14-12-20(13-15-22)26(28)29/h2-8,10-15,30H,9,16-17H2,1H3,(H3,28,29). The number of para-hydroxylation sites is 1. The average molecular weight is 455 g/mol. The molecule has 0 radical (unpaired) electrons. The molecule has 172 valence electrons. The van der Waals surface area contributed by atoms with Crippen LogP contribution in [0.2, 0.25) is 0 Å². The van der Waals surface area contributed by atoms with E-state index in [1.54, 1.807) is 29.2 Å². The van der Waals surface area contributed by atoms with Gasteiger partial charge in [0.1, 0.15) is 5.84 Å². The molecule has 0 fully saturated rings.